The molecule has 2 atom stereocenters. The number of benzene rings is 1. The van der Waals surface area contributed by atoms with Gasteiger partial charge < -0.3 is 15.4 Å². The highest BCUT2D eigenvalue weighted by Gasteiger charge is 2.35. The minimum atomic E-state index is -0.120. The lowest BCUT2D eigenvalue weighted by molar-refractivity contribution is -0.127. The summed E-state index contributed by atoms with van der Waals surface area (Å²) in [6.07, 6.45) is 1.42. The van der Waals surface area contributed by atoms with Gasteiger partial charge in [0.25, 0.3) is 0 Å². The van der Waals surface area contributed by atoms with E-state index in [2.05, 4.69) is 6.92 Å². The van der Waals surface area contributed by atoms with Crippen molar-refractivity contribution >= 4 is 5.91 Å². The number of rotatable bonds is 4. The molecule has 1 heterocycles. The van der Waals surface area contributed by atoms with Crippen LogP contribution in [0.15, 0.2) is 24.3 Å². The lowest BCUT2D eigenvalue weighted by Gasteiger charge is -2.23. The Kier molecular flexibility index (Phi) is 3.87. The van der Waals surface area contributed by atoms with Crippen LogP contribution in [0.4, 0.5) is 0 Å². The van der Waals surface area contributed by atoms with Gasteiger partial charge in [-0.2, -0.15) is 0 Å². The highest BCUT2D eigenvalue weighted by atomic mass is 16.5. The van der Waals surface area contributed by atoms with Crippen LogP contribution in [-0.2, 0) is 4.79 Å². The average molecular weight is 248 g/mol. The van der Waals surface area contributed by atoms with Crippen molar-refractivity contribution in [3.05, 3.63) is 29.8 Å². The van der Waals surface area contributed by atoms with E-state index in [1.54, 1.807) is 11.9 Å². The molecule has 18 heavy (non-hydrogen) atoms. The quantitative estimate of drug-likeness (QED) is 0.882. The number of amides is 1. The second-order valence-corrected chi connectivity index (χ2v) is 4.73. The topological polar surface area (TPSA) is 55.6 Å². The van der Waals surface area contributed by atoms with E-state index in [9.17, 15) is 4.79 Å². The molecule has 1 aliphatic heterocycles. The van der Waals surface area contributed by atoms with Crippen LogP contribution in [0.25, 0.3) is 0 Å². The van der Waals surface area contributed by atoms with Crippen molar-refractivity contribution in [2.75, 3.05) is 13.7 Å². The van der Waals surface area contributed by atoms with E-state index < -0.39 is 0 Å². The van der Waals surface area contributed by atoms with Crippen molar-refractivity contribution in [3.63, 3.8) is 0 Å². The summed E-state index contributed by atoms with van der Waals surface area (Å²) in [5, 5.41) is 0. The first-order valence-electron chi connectivity index (χ1n) is 6.37. The molecule has 1 saturated heterocycles. The molecule has 1 amide bonds. The lowest BCUT2D eigenvalue weighted by Crippen LogP contribution is -2.30. The minimum Gasteiger partial charge on any atom is -0.494 e. The zero-order valence-corrected chi connectivity index (χ0v) is 10.9. The highest BCUT2D eigenvalue weighted by Crippen LogP contribution is 2.31. The molecular weight excluding hydrogens is 228 g/mol. The number of likely N-dealkylation sites (N-methyl/N-ethyl adjacent to an activating group) is 1. The summed E-state index contributed by atoms with van der Waals surface area (Å²) in [6.45, 7) is 2.80. The van der Waals surface area contributed by atoms with E-state index in [1.807, 2.05) is 24.3 Å². The molecule has 1 fully saturated rings. The molecule has 98 valence electrons. The molecule has 0 radical (unpaired) electrons. The number of ether oxygens (including phenoxy) is 1. The first kappa shape index (κ1) is 12.9. The Bertz CT molecular complexity index is 416. The van der Waals surface area contributed by atoms with Crippen molar-refractivity contribution in [1.29, 1.82) is 0 Å². The van der Waals surface area contributed by atoms with Crippen LogP contribution < -0.4 is 10.5 Å². The highest BCUT2D eigenvalue weighted by molar-refractivity contribution is 5.80. The molecule has 1 aromatic rings. The Morgan fingerprint density at radius 3 is 2.56 bits per heavy atom. The van der Waals surface area contributed by atoms with Crippen LogP contribution in [-0.4, -0.2) is 30.5 Å². The van der Waals surface area contributed by atoms with Gasteiger partial charge in [-0.3, -0.25) is 4.79 Å². The van der Waals surface area contributed by atoms with Gasteiger partial charge in [-0.1, -0.05) is 19.1 Å². The monoisotopic (exact) mass is 248 g/mol. The molecular formula is C14H20N2O2. The number of nitrogens with two attached hydrogens (primary N) is 1. The first-order valence-corrected chi connectivity index (χ1v) is 6.37. The molecule has 2 rings (SSSR count). The number of carbonyl (C=O) groups excluding carboxylic acids is 1. The maximum absolute atomic E-state index is 11.6. The average Bonchev–Trinajstić information content (AvgIpc) is 2.62. The predicted molar refractivity (Wildman–Crippen MR) is 70.3 cm³/mol. The van der Waals surface area contributed by atoms with E-state index in [1.165, 1.54) is 0 Å². The number of hydrogen-bond donors (Lipinski definition) is 1. The second kappa shape index (κ2) is 5.40. The minimum absolute atomic E-state index is 0.0160. The molecule has 4 nitrogen and oxygen atoms in total. The molecule has 0 spiro atoms. The number of carbonyl (C=O) groups is 1. The summed E-state index contributed by atoms with van der Waals surface area (Å²) in [5.74, 6) is 0.972. The van der Waals surface area contributed by atoms with E-state index in [4.69, 9.17) is 10.5 Å². The fourth-order valence-corrected chi connectivity index (χ4v) is 2.35. The van der Waals surface area contributed by atoms with Crippen molar-refractivity contribution in [1.82, 2.24) is 4.90 Å². The molecule has 0 saturated carbocycles. The largest absolute Gasteiger partial charge is 0.494 e. The summed E-state index contributed by atoms with van der Waals surface area (Å²) in [6, 6.07) is 7.72. The fraction of sp³-hybridized carbons (Fsp3) is 0.500. The van der Waals surface area contributed by atoms with E-state index >= 15 is 0 Å². The van der Waals surface area contributed by atoms with Gasteiger partial charge in [-0.05, 0) is 24.1 Å². The van der Waals surface area contributed by atoms with Gasteiger partial charge in [-0.15, -0.1) is 0 Å². The van der Waals surface area contributed by atoms with Crippen molar-refractivity contribution in [2.24, 2.45) is 5.73 Å². The van der Waals surface area contributed by atoms with Gasteiger partial charge in [0, 0.05) is 19.5 Å². The zero-order chi connectivity index (χ0) is 13.1. The van der Waals surface area contributed by atoms with Crippen molar-refractivity contribution < 1.29 is 9.53 Å². The normalized spacial score (nSPS) is 23.5. The molecule has 2 N–H and O–H groups in total. The second-order valence-electron chi connectivity index (χ2n) is 4.73. The number of nitrogens with zero attached hydrogens (tertiary/aromatic N) is 1. The molecule has 1 aromatic carbocycles. The predicted octanol–water partition coefficient (Wildman–Crippen LogP) is 1.71. The van der Waals surface area contributed by atoms with E-state index in [0.29, 0.717) is 6.42 Å². The van der Waals surface area contributed by atoms with Gasteiger partial charge >= 0.3 is 0 Å². The fourth-order valence-electron chi connectivity index (χ4n) is 2.35. The van der Waals surface area contributed by atoms with Crippen LogP contribution in [0, 0.1) is 0 Å². The Balaban J connectivity index is 2.12. The van der Waals surface area contributed by atoms with Crippen LogP contribution in [0.1, 0.15) is 31.4 Å². The van der Waals surface area contributed by atoms with E-state index in [0.717, 1.165) is 24.3 Å². The third kappa shape index (κ3) is 2.48. The van der Waals surface area contributed by atoms with Crippen LogP contribution in [0.2, 0.25) is 0 Å². The summed E-state index contributed by atoms with van der Waals surface area (Å²) < 4.78 is 5.54. The number of likely N-dealkylation sites (tertiary alicyclic amines) is 1. The van der Waals surface area contributed by atoms with Crippen LogP contribution in [0.3, 0.4) is 0 Å². The molecule has 4 heteroatoms. The van der Waals surface area contributed by atoms with Crippen molar-refractivity contribution in [3.8, 4) is 5.75 Å². The Hall–Kier alpha value is -1.55. The van der Waals surface area contributed by atoms with Gasteiger partial charge in [0.2, 0.25) is 5.91 Å². The lowest BCUT2D eigenvalue weighted by atomic mass is 10.0. The molecule has 0 aromatic heterocycles. The summed E-state index contributed by atoms with van der Waals surface area (Å²) in [4.78, 5) is 13.3. The summed E-state index contributed by atoms with van der Waals surface area (Å²) in [5.41, 5.74) is 7.09. The smallest absolute Gasteiger partial charge is 0.224 e. The van der Waals surface area contributed by atoms with Gasteiger partial charge in [-0.25, -0.2) is 0 Å². The molecule has 0 aliphatic carbocycles. The summed E-state index contributed by atoms with van der Waals surface area (Å²) >= 11 is 0. The van der Waals surface area contributed by atoms with Gasteiger partial charge in [0.05, 0.1) is 12.6 Å². The van der Waals surface area contributed by atoms with Crippen LogP contribution >= 0.6 is 0 Å². The molecule has 1 aliphatic rings. The summed E-state index contributed by atoms with van der Waals surface area (Å²) in [7, 11) is 1.81. The maximum Gasteiger partial charge on any atom is 0.224 e. The Labute approximate surface area is 108 Å². The Morgan fingerprint density at radius 2 is 2.06 bits per heavy atom. The van der Waals surface area contributed by atoms with Crippen LogP contribution in [0.5, 0.6) is 5.75 Å². The Morgan fingerprint density at radius 1 is 1.39 bits per heavy atom. The number of hydrogen-bond acceptors (Lipinski definition) is 3. The van der Waals surface area contributed by atoms with E-state index in [-0.39, 0.29) is 18.0 Å². The third-order valence-electron chi connectivity index (χ3n) is 3.32. The van der Waals surface area contributed by atoms with Crippen molar-refractivity contribution in [2.45, 2.75) is 31.8 Å². The standard InChI is InChI=1S/C14H20N2O2/c1-3-8-18-11-6-4-10(5-7-11)14-12(15)9-13(17)16(14)2/h4-7,12,14H,3,8-9,15H2,1-2H3. The molecule has 2 unspecified atom stereocenters. The molecule has 0 bridgehead atoms. The first-order chi connectivity index (χ1) is 8.63. The van der Waals surface area contributed by atoms with Gasteiger partial charge in [0.1, 0.15) is 5.75 Å². The zero-order valence-electron chi connectivity index (χ0n) is 10.9. The van der Waals surface area contributed by atoms with Gasteiger partial charge in [0.15, 0.2) is 0 Å². The maximum atomic E-state index is 11.6. The SMILES string of the molecule is CCCOc1ccc(C2C(N)CC(=O)N2C)cc1. The third-order valence-corrected chi connectivity index (χ3v) is 3.32.